The van der Waals surface area contributed by atoms with Crippen LogP contribution in [0.5, 0.6) is 0 Å². The highest BCUT2D eigenvalue weighted by Gasteiger charge is 2.32. The van der Waals surface area contributed by atoms with Crippen LogP contribution < -0.4 is 5.73 Å². The first-order valence-electron chi connectivity index (χ1n) is 3.38. The highest BCUT2D eigenvalue weighted by Crippen LogP contribution is 2.28. The van der Waals surface area contributed by atoms with E-state index in [0.29, 0.717) is 9.26 Å². The van der Waals surface area contributed by atoms with Crippen LogP contribution in [0.2, 0.25) is 0 Å². The summed E-state index contributed by atoms with van der Waals surface area (Å²) in [5.74, 6) is 0. The SMILES string of the molecule is NCc1ccc(C(F)(F)F)nc1I. The van der Waals surface area contributed by atoms with Gasteiger partial charge >= 0.3 is 6.18 Å². The molecule has 0 aromatic carbocycles. The number of rotatable bonds is 1. The summed E-state index contributed by atoms with van der Waals surface area (Å²) < 4.78 is 36.6. The normalized spacial score (nSPS) is 11.8. The Kier molecular flexibility index (Phi) is 3.12. The molecule has 1 heterocycles. The van der Waals surface area contributed by atoms with Gasteiger partial charge in [0.2, 0.25) is 0 Å². The molecule has 0 aliphatic carbocycles. The topological polar surface area (TPSA) is 38.9 Å². The number of nitrogens with two attached hydrogens (primary N) is 1. The lowest BCUT2D eigenvalue weighted by Crippen LogP contribution is -2.10. The van der Waals surface area contributed by atoms with Crippen LogP contribution in [-0.4, -0.2) is 4.98 Å². The summed E-state index contributed by atoms with van der Waals surface area (Å²) in [5, 5.41) is 0. The van der Waals surface area contributed by atoms with Crippen molar-refractivity contribution < 1.29 is 13.2 Å². The molecule has 0 radical (unpaired) electrons. The Hall–Kier alpha value is -0.370. The van der Waals surface area contributed by atoms with Crippen molar-refractivity contribution >= 4 is 22.6 Å². The zero-order chi connectivity index (χ0) is 10.1. The van der Waals surface area contributed by atoms with Gasteiger partial charge in [0.15, 0.2) is 0 Å². The van der Waals surface area contributed by atoms with Crippen molar-refractivity contribution in [2.75, 3.05) is 0 Å². The number of alkyl halides is 3. The molecule has 0 spiro atoms. The largest absolute Gasteiger partial charge is 0.433 e. The van der Waals surface area contributed by atoms with Crippen LogP contribution in [0.4, 0.5) is 13.2 Å². The summed E-state index contributed by atoms with van der Waals surface area (Å²) in [6.45, 7) is 0.198. The smallest absolute Gasteiger partial charge is 0.326 e. The van der Waals surface area contributed by atoms with E-state index in [0.717, 1.165) is 6.07 Å². The van der Waals surface area contributed by atoms with E-state index in [4.69, 9.17) is 5.73 Å². The first-order valence-corrected chi connectivity index (χ1v) is 4.45. The molecule has 0 amide bonds. The second-order valence-electron chi connectivity index (χ2n) is 2.35. The van der Waals surface area contributed by atoms with Gasteiger partial charge in [0.1, 0.15) is 9.39 Å². The van der Waals surface area contributed by atoms with Gasteiger partial charge in [-0.2, -0.15) is 13.2 Å². The molecule has 1 aromatic heterocycles. The molecule has 0 saturated carbocycles. The molecule has 0 aliphatic heterocycles. The third kappa shape index (κ3) is 2.53. The fourth-order valence-corrected chi connectivity index (χ4v) is 1.43. The number of halogens is 4. The van der Waals surface area contributed by atoms with Crippen LogP contribution in [-0.2, 0) is 12.7 Å². The molecule has 72 valence electrons. The summed E-state index contributed by atoms with van der Waals surface area (Å²) in [5.41, 5.74) is 5.02. The second-order valence-corrected chi connectivity index (χ2v) is 3.37. The number of hydrogen-bond acceptors (Lipinski definition) is 2. The van der Waals surface area contributed by atoms with E-state index in [9.17, 15) is 13.2 Å². The first-order chi connectivity index (χ1) is 5.95. The van der Waals surface area contributed by atoms with Gasteiger partial charge in [-0.15, -0.1) is 0 Å². The van der Waals surface area contributed by atoms with Crippen LogP contribution in [0.25, 0.3) is 0 Å². The minimum Gasteiger partial charge on any atom is -0.326 e. The summed E-state index contributed by atoms with van der Waals surface area (Å²) in [7, 11) is 0. The maximum Gasteiger partial charge on any atom is 0.433 e. The van der Waals surface area contributed by atoms with Crippen molar-refractivity contribution in [3.8, 4) is 0 Å². The van der Waals surface area contributed by atoms with Crippen molar-refractivity contribution in [1.29, 1.82) is 0 Å². The molecule has 13 heavy (non-hydrogen) atoms. The molecule has 0 bridgehead atoms. The van der Waals surface area contributed by atoms with E-state index in [1.807, 2.05) is 0 Å². The lowest BCUT2D eigenvalue weighted by Gasteiger charge is -2.07. The van der Waals surface area contributed by atoms with Crippen molar-refractivity contribution in [2.45, 2.75) is 12.7 Å². The van der Waals surface area contributed by atoms with Crippen LogP contribution in [0.1, 0.15) is 11.3 Å². The second kappa shape index (κ2) is 3.79. The van der Waals surface area contributed by atoms with Crippen LogP contribution >= 0.6 is 22.6 Å². The number of hydrogen-bond donors (Lipinski definition) is 1. The Labute approximate surface area is 86.5 Å². The minimum absolute atomic E-state index is 0.198. The Balaban J connectivity index is 3.10. The molecule has 6 heteroatoms. The monoisotopic (exact) mass is 302 g/mol. The van der Waals surface area contributed by atoms with Gasteiger partial charge in [-0.1, -0.05) is 6.07 Å². The average Bonchev–Trinajstić information content (AvgIpc) is 2.02. The van der Waals surface area contributed by atoms with E-state index in [1.165, 1.54) is 6.07 Å². The molecule has 2 N–H and O–H groups in total. The maximum absolute atomic E-state index is 12.1. The van der Waals surface area contributed by atoms with Crippen LogP contribution in [0.15, 0.2) is 12.1 Å². The zero-order valence-electron chi connectivity index (χ0n) is 6.40. The number of pyridine rings is 1. The van der Waals surface area contributed by atoms with Gasteiger partial charge < -0.3 is 5.73 Å². The molecule has 0 fully saturated rings. The minimum atomic E-state index is -4.38. The standard InChI is InChI=1S/C7H6F3IN2/c8-7(9,10)5-2-1-4(3-12)6(11)13-5/h1-2H,3,12H2. The quantitative estimate of drug-likeness (QED) is 0.638. The van der Waals surface area contributed by atoms with Crippen molar-refractivity contribution in [1.82, 2.24) is 4.98 Å². The van der Waals surface area contributed by atoms with E-state index < -0.39 is 11.9 Å². The third-order valence-electron chi connectivity index (χ3n) is 1.44. The maximum atomic E-state index is 12.1. The molecule has 0 saturated heterocycles. The van der Waals surface area contributed by atoms with E-state index >= 15 is 0 Å². The highest BCUT2D eigenvalue weighted by atomic mass is 127. The Morgan fingerprint density at radius 3 is 2.38 bits per heavy atom. The predicted molar refractivity (Wildman–Crippen MR) is 49.8 cm³/mol. The van der Waals surface area contributed by atoms with Gasteiger partial charge in [-0.25, -0.2) is 4.98 Å². The van der Waals surface area contributed by atoms with E-state index in [1.54, 1.807) is 22.6 Å². The summed E-state index contributed by atoms with van der Waals surface area (Å²) >= 11 is 1.73. The van der Waals surface area contributed by atoms with E-state index in [-0.39, 0.29) is 6.54 Å². The fourth-order valence-electron chi connectivity index (χ4n) is 0.773. The lowest BCUT2D eigenvalue weighted by atomic mass is 10.2. The fraction of sp³-hybridized carbons (Fsp3) is 0.286. The Bertz CT molecular complexity index is 311. The van der Waals surface area contributed by atoms with Gasteiger partial charge in [0.05, 0.1) is 0 Å². The highest BCUT2D eigenvalue weighted by molar-refractivity contribution is 14.1. The third-order valence-corrected chi connectivity index (χ3v) is 2.37. The predicted octanol–water partition coefficient (Wildman–Crippen LogP) is 2.16. The van der Waals surface area contributed by atoms with Crippen LogP contribution in [0, 0.1) is 3.70 Å². The lowest BCUT2D eigenvalue weighted by molar-refractivity contribution is -0.141. The Morgan fingerprint density at radius 2 is 2.00 bits per heavy atom. The molecular formula is C7H6F3IN2. The first kappa shape index (κ1) is 10.7. The number of nitrogens with zero attached hydrogens (tertiary/aromatic N) is 1. The van der Waals surface area contributed by atoms with Gasteiger partial charge in [0.25, 0.3) is 0 Å². The van der Waals surface area contributed by atoms with Crippen molar-refractivity contribution in [2.24, 2.45) is 5.73 Å². The summed E-state index contributed by atoms with van der Waals surface area (Å²) in [6.07, 6.45) is -4.38. The van der Waals surface area contributed by atoms with Crippen molar-refractivity contribution in [3.63, 3.8) is 0 Å². The molecule has 1 rings (SSSR count). The molecule has 2 nitrogen and oxygen atoms in total. The molecular weight excluding hydrogens is 296 g/mol. The van der Waals surface area contributed by atoms with Gasteiger partial charge in [-0.3, -0.25) is 0 Å². The molecule has 1 aromatic rings. The summed E-state index contributed by atoms with van der Waals surface area (Å²) in [6, 6.07) is 2.28. The molecule has 0 aliphatic rings. The zero-order valence-corrected chi connectivity index (χ0v) is 8.56. The van der Waals surface area contributed by atoms with Gasteiger partial charge in [-0.05, 0) is 34.2 Å². The van der Waals surface area contributed by atoms with Crippen LogP contribution in [0.3, 0.4) is 0 Å². The molecule has 0 atom stereocenters. The Morgan fingerprint density at radius 1 is 1.38 bits per heavy atom. The average molecular weight is 302 g/mol. The van der Waals surface area contributed by atoms with Crippen molar-refractivity contribution in [3.05, 3.63) is 27.1 Å². The van der Waals surface area contributed by atoms with Gasteiger partial charge in [0, 0.05) is 6.54 Å². The molecule has 0 unspecified atom stereocenters. The number of aromatic nitrogens is 1. The summed E-state index contributed by atoms with van der Waals surface area (Å²) in [4.78, 5) is 3.40. The van der Waals surface area contributed by atoms with E-state index in [2.05, 4.69) is 4.98 Å².